The van der Waals surface area contributed by atoms with Gasteiger partial charge in [-0.2, -0.15) is 0 Å². The largest absolute Gasteiger partial charge is 0.493 e. The van der Waals surface area contributed by atoms with Crippen LogP contribution in [-0.2, 0) is 11.4 Å². The highest BCUT2D eigenvalue weighted by atomic mass is 16.5. The maximum atomic E-state index is 12.0. The van der Waals surface area contributed by atoms with Gasteiger partial charge in [0.15, 0.2) is 17.6 Å². The Morgan fingerprint density at radius 2 is 2.14 bits per heavy atom. The highest BCUT2D eigenvalue weighted by Crippen LogP contribution is 2.31. The smallest absolute Gasteiger partial charge is 0.260 e. The van der Waals surface area contributed by atoms with Gasteiger partial charge in [-0.1, -0.05) is 31.9 Å². The van der Waals surface area contributed by atoms with Crippen molar-refractivity contribution in [1.29, 1.82) is 0 Å². The number of methoxy groups -OCH3 is 1. The van der Waals surface area contributed by atoms with E-state index >= 15 is 0 Å². The van der Waals surface area contributed by atoms with Gasteiger partial charge in [0.2, 0.25) is 0 Å². The lowest BCUT2D eigenvalue weighted by atomic mass is 10.2. The fourth-order valence-corrected chi connectivity index (χ4v) is 1.94. The maximum Gasteiger partial charge on any atom is 0.260 e. The number of para-hydroxylation sites is 1. The second kappa shape index (κ2) is 9.23. The van der Waals surface area contributed by atoms with Crippen LogP contribution in [0.25, 0.3) is 0 Å². The van der Waals surface area contributed by atoms with E-state index in [9.17, 15) is 9.90 Å². The monoisotopic (exact) mass is 295 g/mol. The Morgan fingerprint density at radius 3 is 2.76 bits per heavy atom. The number of benzene rings is 1. The van der Waals surface area contributed by atoms with Crippen LogP contribution in [0.5, 0.6) is 11.5 Å². The Bertz CT molecular complexity index is 426. The number of aliphatic hydroxyl groups is 1. The van der Waals surface area contributed by atoms with Crippen LogP contribution in [0.15, 0.2) is 18.2 Å². The maximum absolute atomic E-state index is 12.0. The number of ether oxygens (including phenoxy) is 2. The summed E-state index contributed by atoms with van der Waals surface area (Å²) in [6.07, 6.45) is 2.53. The minimum Gasteiger partial charge on any atom is -0.493 e. The third-order valence-corrected chi connectivity index (χ3v) is 3.19. The number of nitrogens with one attached hydrogen (secondary N) is 1. The average Bonchev–Trinajstić information content (AvgIpc) is 2.51. The third-order valence-electron chi connectivity index (χ3n) is 3.19. The lowest BCUT2D eigenvalue weighted by molar-refractivity contribution is -0.127. The molecule has 21 heavy (non-hydrogen) atoms. The van der Waals surface area contributed by atoms with Gasteiger partial charge in [0.05, 0.1) is 13.7 Å². The van der Waals surface area contributed by atoms with Crippen LogP contribution in [0, 0.1) is 0 Å². The molecule has 0 bridgehead atoms. The van der Waals surface area contributed by atoms with E-state index in [4.69, 9.17) is 9.47 Å². The van der Waals surface area contributed by atoms with Gasteiger partial charge in [-0.3, -0.25) is 4.79 Å². The predicted octanol–water partition coefficient (Wildman–Crippen LogP) is 2.26. The molecule has 1 atom stereocenters. The Balaban J connectivity index is 2.65. The molecule has 5 nitrogen and oxygen atoms in total. The van der Waals surface area contributed by atoms with Gasteiger partial charge in [-0.15, -0.1) is 0 Å². The Hall–Kier alpha value is -1.75. The van der Waals surface area contributed by atoms with E-state index in [1.165, 1.54) is 7.11 Å². The zero-order valence-corrected chi connectivity index (χ0v) is 13.0. The van der Waals surface area contributed by atoms with Crippen LogP contribution in [0.3, 0.4) is 0 Å². The molecule has 1 aromatic rings. The minimum absolute atomic E-state index is 0.166. The van der Waals surface area contributed by atoms with E-state index in [0.717, 1.165) is 19.3 Å². The second-order valence-corrected chi connectivity index (χ2v) is 4.86. The fourth-order valence-electron chi connectivity index (χ4n) is 1.94. The van der Waals surface area contributed by atoms with Crippen LogP contribution >= 0.6 is 0 Å². The number of hydrogen-bond donors (Lipinski definition) is 2. The molecule has 0 heterocycles. The standard InChI is InChI=1S/C16H25NO4/c1-4-5-6-10-17-16(19)12(2)21-15-13(11-18)8-7-9-14(15)20-3/h7-9,12,18H,4-6,10-11H2,1-3H3,(H,17,19). The number of aliphatic hydroxyl groups excluding tert-OH is 1. The summed E-state index contributed by atoms with van der Waals surface area (Å²) in [5.74, 6) is 0.756. The van der Waals surface area contributed by atoms with Gasteiger partial charge in [-0.25, -0.2) is 0 Å². The number of carbonyl (C=O) groups excluding carboxylic acids is 1. The number of unbranched alkanes of at least 4 members (excludes halogenated alkanes) is 2. The summed E-state index contributed by atoms with van der Waals surface area (Å²) in [7, 11) is 1.53. The quantitative estimate of drug-likeness (QED) is 0.686. The van der Waals surface area contributed by atoms with Crippen molar-refractivity contribution in [1.82, 2.24) is 5.32 Å². The first kappa shape index (κ1) is 17.3. The van der Waals surface area contributed by atoms with Crippen LogP contribution < -0.4 is 14.8 Å². The van der Waals surface area contributed by atoms with E-state index in [-0.39, 0.29) is 12.5 Å². The topological polar surface area (TPSA) is 67.8 Å². The van der Waals surface area contributed by atoms with E-state index < -0.39 is 6.10 Å². The fraction of sp³-hybridized carbons (Fsp3) is 0.562. The molecule has 0 aliphatic heterocycles. The molecule has 0 saturated heterocycles. The van der Waals surface area contributed by atoms with Gasteiger partial charge in [0.1, 0.15) is 0 Å². The molecule has 0 radical (unpaired) electrons. The molecular formula is C16H25NO4. The normalized spacial score (nSPS) is 11.8. The highest BCUT2D eigenvalue weighted by Gasteiger charge is 2.18. The van der Waals surface area contributed by atoms with Crippen molar-refractivity contribution in [3.63, 3.8) is 0 Å². The van der Waals surface area contributed by atoms with Crippen LogP contribution in [0.4, 0.5) is 0 Å². The molecule has 0 saturated carbocycles. The second-order valence-electron chi connectivity index (χ2n) is 4.86. The van der Waals surface area contributed by atoms with E-state index in [2.05, 4.69) is 12.2 Å². The summed E-state index contributed by atoms with van der Waals surface area (Å²) in [4.78, 5) is 12.0. The zero-order chi connectivity index (χ0) is 15.7. The summed E-state index contributed by atoms with van der Waals surface area (Å²) in [5, 5.41) is 12.2. The van der Waals surface area contributed by atoms with Gasteiger partial charge in [0, 0.05) is 12.1 Å². The van der Waals surface area contributed by atoms with E-state index in [1.807, 2.05) is 0 Å². The molecule has 1 aromatic carbocycles. The Kier molecular flexibility index (Phi) is 7.61. The summed E-state index contributed by atoms with van der Waals surface area (Å²) >= 11 is 0. The van der Waals surface area contributed by atoms with Crippen molar-refractivity contribution in [2.24, 2.45) is 0 Å². The molecule has 2 N–H and O–H groups in total. The third kappa shape index (κ3) is 5.27. The summed E-state index contributed by atoms with van der Waals surface area (Å²) < 4.78 is 10.9. The molecule has 0 spiro atoms. The van der Waals surface area contributed by atoms with Crippen molar-refractivity contribution in [2.45, 2.75) is 45.8 Å². The minimum atomic E-state index is -0.645. The van der Waals surface area contributed by atoms with Gasteiger partial charge < -0.3 is 19.9 Å². The summed E-state index contributed by atoms with van der Waals surface area (Å²) in [6, 6.07) is 5.25. The van der Waals surface area contributed by atoms with Crippen molar-refractivity contribution >= 4 is 5.91 Å². The summed E-state index contributed by atoms with van der Waals surface area (Å²) in [6.45, 7) is 4.28. The van der Waals surface area contributed by atoms with Gasteiger partial charge in [0.25, 0.3) is 5.91 Å². The van der Waals surface area contributed by atoms with Crippen molar-refractivity contribution in [2.75, 3.05) is 13.7 Å². The molecule has 1 unspecified atom stereocenters. The van der Waals surface area contributed by atoms with Crippen LogP contribution in [-0.4, -0.2) is 30.8 Å². The summed E-state index contributed by atoms with van der Waals surface area (Å²) in [5.41, 5.74) is 0.597. The number of amides is 1. The zero-order valence-electron chi connectivity index (χ0n) is 13.0. The molecule has 0 aliphatic carbocycles. The Labute approximate surface area is 126 Å². The number of carbonyl (C=O) groups is 1. The van der Waals surface area contributed by atoms with Gasteiger partial charge in [-0.05, 0) is 19.4 Å². The first-order valence-corrected chi connectivity index (χ1v) is 7.35. The lowest BCUT2D eigenvalue weighted by Crippen LogP contribution is -2.37. The predicted molar refractivity (Wildman–Crippen MR) is 81.5 cm³/mol. The molecule has 0 aliphatic rings. The first-order valence-electron chi connectivity index (χ1n) is 7.35. The van der Waals surface area contributed by atoms with E-state index in [0.29, 0.717) is 23.6 Å². The molecule has 1 rings (SSSR count). The van der Waals surface area contributed by atoms with Crippen LogP contribution in [0.2, 0.25) is 0 Å². The number of hydrogen-bond acceptors (Lipinski definition) is 4. The highest BCUT2D eigenvalue weighted by molar-refractivity contribution is 5.80. The number of rotatable bonds is 9. The Morgan fingerprint density at radius 1 is 1.38 bits per heavy atom. The molecule has 5 heteroatoms. The first-order chi connectivity index (χ1) is 10.1. The molecular weight excluding hydrogens is 270 g/mol. The molecule has 0 aromatic heterocycles. The van der Waals surface area contributed by atoms with E-state index in [1.54, 1.807) is 25.1 Å². The molecule has 118 valence electrons. The molecule has 1 amide bonds. The van der Waals surface area contributed by atoms with Gasteiger partial charge >= 0.3 is 0 Å². The van der Waals surface area contributed by atoms with Crippen molar-refractivity contribution in [3.05, 3.63) is 23.8 Å². The van der Waals surface area contributed by atoms with Crippen molar-refractivity contribution in [3.8, 4) is 11.5 Å². The SMILES string of the molecule is CCCCCNC(=O)C(C)Oc1c(CO)cccc1OC. The lowest BCUT2D eigenvalue weighted by Gasteiger charge is -2.18. The van der Waals surface area contributed by atoms with Crippen LogP contribution in [0.1, 0.15) is 38.7 Å². The molecule has 0 fully saturated rings. The van der Waals surface area contributed by atoms with Crippen molar-refractivity contribution < 1.29 is 19.4 Å². The average molecular weight is 295 g/mol.